The zero-order valence-electron chi connectivity index (χ0n) is 16.0. The number of nitrogen functional groups attached to an aromatic ring is 1. The molecule has 148 valence electrons. The van der Waals surface area contributed by atoms with Crippen LogP contribution >= 0.6 is 11.3 Å². The van der Waals surface area contributed by atoms with Crippen molar-refractivity contribution >= 4 is 28.3 Å². The van der Waals surface area contributed by atoms with Crippen molar-refractivity contribution in [3.05, 3.63) is 51.4 Å². The zero-order chi connectivity index (χ0) is 20.7. The van der Waals surface area contributed by atoms with Crippen LogP contribution in [0, 0.1) is 11.3 Å². The topological polar surface area (TPSA) is 112 Å². The largest absolute Gasteiger partial charge is 0.462 e. The van der Waals surface area contributed by atoms with E-state index in [2.05, 4.69) is 0 Å². The molecule has 0 radical (unpaired) electrons. The monoisotopic (exact) mass is 402 g/mol. The molecule has 0 aliphatic rings. The Morgan fingerprint density at radius 1 is 1.14 bits per heavy atom. The normalized spacial score (nSPS) is 10.5. The van der Waals surface area contributed by atoms with Crippen LogP contribution in [0.5, 0.6) is 0 Å². The van der Waals surface area contributed by atoms with Crippen molar-refractivity contribution in [1.29, 1.82) is 5.26 Å². The maximum Gasteiger partial charge on any atom is 0.348 e. The second-order valence-electron chi connectivity index (χ2n) is 6.11. The van der Waals surface area contributed by atoms with Crippen LogP contribution in [0.3, 0.4) is 0 Å². The van der Waals surface area contributed by atoms with E-state index in [1.165, 1.54) is 0 Å². The Hall–Kier alpha value is -2.89. The number of nitrogens with zero attached hydrogens (tertiary/aromatic N) is 1. The fraction of sp³-hybridized carbons (Fsp3) is 0.350. The smallest absolute Gasteiger partial charge is 0.348 e. The van der Waals surface area contributed by atoms with Gasteiger partial charge in [0.25, 0.3) is 0 Å². The Balaban J connectivity index is 2.10. The van der Waals surface area contributed by atoms with Crippen LogP contribution in [-0.4, -0.2) is 24.6 Å². The lowest BCUT2D eigenvalue weighted by atomic mass is 10.1. The number of nitrogens with two attached hydrogens (primary N) is 1. The molecule has 0 saturated heterocycles. The number of hydrogen-bond acceptors (Lipinski definition) is 8. The second-order valence-corrected chi connectivity index (χ2v) is 7.17. The summed E-state index contributed by atoms with van der Waals surface area (Å²) in [6, 6.07) is 8.80. The van der Waals surface area contributed by atoms with E-state index in [-0.39, 0.29) is 40.3 Å². The summed E-state index contributed by atoms with van der Waals surface area (Å²) >= 11 is 0.946. The Morgan fingerprint density at radius 2 is 1.82 bits per heavy atom. The van der Waals surface area contributed by atoms with E-state index in [1.807, 2.05) is 19.9 Å². The molecule has 0 atom stereocenters. The number of hydrogen-bond donors (Lipinski definition) is 1. The molecule has 1 aromatic heterocycles. The summed E-state index contributed by atoms with van der Waals surface area (Å²) in [6.07, 6.45) is 0.116. The summed E-state index contributed by atoms with van der Waals surface area (Å²) in [5, 5.41) is 9.48. The third kappa shape index (κ3) is 5.31. The Bertz CT molecular complexity index is 881. The number of thiophene rings is 1. The standard InChI is InChI=1S/C20H22N2O5S/c1-4-25-20(24)17-16(15(9-21)18(22)28-17)11-27-19(23)14-7-5-13(6-8-14)10-26-12(2)3/h5-8,12H,4,10-11,22H2,1-3H3. The molecular weight excluding hydrogens is 380 g/mol. The summed E-state index contributed by atoms with van der Waals surface area (Å²) < 4.78 is 15.8. The van der Waals surface area contributed by atoms with Crippen LogP contribution in [-0.2, 0) is 27.4 Å². The highest BCUT2D eigenvalue weighted by molar-refractivity contribution is 7.18. The van der Waals surface area contributed by atoms with Crippen molar-refractivity contribution < 1.29 is 23.8 Å². The first-order valence-electron chi connectivity index (χ1n) is 8.73. The molecule has 1 aromatic carbocycles. The van der Waals surface area contributed by atoms with Crippen molar-refractivity contribution in [2.45, 2.75) is 40.1 Å². The summed E-state index contributed by atoms with van der Waals surface area (Å²) in [6.45, 7) is 5.96. The van der Waals surface area contributed by atoms with Gasteiger partial charge >= 0.3 is 11.9 Å². The molecule has 2 N–H and O–H groups in total. The average Bonchev–Trinajstić information content (AvgIpc) is 3.00. The first kappa shape index (κ1) is 21.4. The van der Waals surface area contributed by atoms with Crippen LogP contribution in [0.1, 0.15) is 57.5 Å². The van der Waals surface area contributed by atoms with E-state index >= 15 is 0 Å². The van der Waals surface area contributed by atoms with E-state index in [1.54, 1.807) is 31.2 Å². The number of rotatable bonds is 8. The van der Waals surface area contributed by atoms with Gasteiger partial charge in [-0.05, 0) is 38.5 Å². The van der Waals surface area contributed by atoms with E-state index in [0.717, 1.165) is 16.9 Å². The molecule has 8 heteroatoms. The Kier molecular flexibility index (Phi) is 7.55. The number of benzene rings is 1. The minimum Gasteiger partial charge on any atom is -0.462 e. The van der Waals surface area contributed by atoms with Gasteiger partial charge in [-0.3, -0.25) is 0 Å². The summed E-state index contributed by atoms with van der Waals surface area (Å²) in [4.78, 5) is 24.6. The molecule has 0 amide bonds. The van der Waals surface area contributed by atoms with Gasteiger partial charge in [0.05, 0.1) is 30.4 Å². The van der Waals surface area contributed by atoms with Crippen LogP contribution in [0.2, 0.25) is 0 Å². The van der Waals surface area contributed by atoms with Crippen molar-refractivity contribution in [3.8, 4) is 6.07 Å². The van der Waals surface area contributed by atoms with Crippen LogP contribution in [0.15, 0.2) is 24.3 Å². The maximum absolute atomic E-state index is 12.3. The van der Waals surface area contributed by atoms with Gasteiger partial charge in [-0.25, -0.2) is 9.59 Å². The zero-order valence-corrected chi connectivity index (χ0v) is 16.8. The van der Waals surface area contributed by atoms with Gasteiger partial charge in [0.15, 0.2) is 0 Å². The number of carbonyl (C=O) groups excluding carboxylic acids is 2. The summed E-state index contributed by atoms with van der Waals surface area (Å²) in [7, 11) is 0. The SMILES string of the molecule is CCOC(=O)c1sc(N)c(C#N)c1COC(=O)c1ccc(COC(C)C)cc1. The molecule has 7 nitrogen and oxygen atoms in total. The van der Waals surface area contributed by atoms with Crippen LogP contribution < -0.4 is 5.73 Å². The number of ether oxygens (including phenoxy) is 3. The van der Waals surface area contributed by atoms with Gasteiger partial charge in [-0.1, -0.05) is 12.1 Å². The lowest BCUT2D eigenvalue weighted by Gasteiger charge is -2.09. The summed E-state index contributed by atoms with van der Waals surface area (Å²) in [5.41, 5.74) is 7.49. The molecule has 0 unspecified atom stereocenters. The highest BCUT2D eigenvalue weighted by Crippen LogP contribution is 2.32. The number of nitriles is 1. The molecule has 2 rings (SSSR count). The molecular formula is C20H22N2O5S. The van der Waals surface area contributed by atoms with Crippen LogP contribution in [0.25, 0.3) is 0 Å². The predicted octanol–water partition coefficient (Wildman–Crippen LogP) is 3.66. The summed E-state index contributed by atoms with van der Waals surface area (Å²) in [5.74, 6) is -1.17. The van der Waals surface area contributed by atoms with Gasteiger partial charge in [0, 0.05) is 5.56 Å². The lowest BCUT2D eigenvalue weighted by molar-refractivity contribution is 0.0452. The van der Waals surface area contributed by atoms with E-state index in [9.17, 15) is 14.9 Å². The molecule has 0 aliphatic heterocycles. The van der Waals surface area contributed by atoms with Gasteiger partial charge in [0.1, 0.15) is 22.6 Å². The highest BCUT2D eigenvalue weighted by atomic mass is 32.1. The van der Waals surface area contributed by atoms with Crippen LogP contribution in [0.4, 0.5) is 5.00 Å². The number of carbonyl (C=O) groups is 2. The third-order valence-corrected chi connectivity index (χ3v) is 4.77. The molecule has 28 heavy (non-hydrogen) atoms. The molecule has 0 saturated carbocycles. The van der Waals surface area contributed by atoms with E-state index in [0.29, 0.717) is 12.2 Å². The molecule has 0 bridgehead atoms. The number of esters is 2. The Morgan fingerprint density at radius 3 is 2.39 bits per heavy atom. The molecule has 0 aliphatic carbocycles. The first-order valence-corrected chi connectivity index (χ1v) is 9.55. The first-order chi connectivity index (χ1) is 13.4. The maximum atomic E-state index is 12.3. The number of anilines is 1. The van der Waals surface area contributed by atoms with Crippen molar-refractivity contribution in [3.63, 3.8) is 0 Å². The molecule has 0 spiro atoms. The minimum absolute atomic E-state index is 0.116. The molecule has 2 aromatic rings. The van der Waals surface area contributed by atoms with Gasteiger partial charge < -0.3 is 19.9 Å². The quantitative estimate of drug-likeness (QED) is 0.671. The van der Waals surface area contributed by atoms with E-state index < -0.39 is 11.9 Å². The Labute approximate surface area is 167 Å². The van der Waals surface area contributed by atoms with E-state index in [4.69, 9.17) is 19.9 Å². The van der Waals surface area contributed by atoms with Crippen molar-refractivity contribution in [2.24, 2.45) is 0 Å². The lowest BCUT2D eigenvalue weighted by Crippen LogP contribution is -2.10. The van der Waals surface area contributed by atoms with Gasteiger partial charge in [-0.15, -0.1) is 11.3 Å². The van der Waals surface area contributed by atoms with Gasteiger partial charge in [-0.2, -0.15) is 5.26 Å². The van der Waals surface area contributed by atoms with Crippen molar-refractivity contribution in [1.82, 2.24) is 0 Å². The predicted molar refractivity (Wildman–Crippen MR) is 105 cm³/mol. The average molecular weight is 402 g/mol. The highest BCUT2D eigenvalue weighted by Gasteiger charge is 2.24. The molecule has 0 fully saturated rings. The van der Waals surface area contributed by atoms with Crippen molar-refractivity contribution in [2.75, 3.05) is 12.3 Å². The fourth-order valence-corrected chi connectivity index (χ4v) is 3.24. The third-order valence-electron chi connectivity index (χ3n) is 3.73. The second kappa shape index (κ2) is 9.88. The molecule has 1 heterocycles. The van der Waals surface area contributed by atoms with Gasteiger partial charge in [0.2, 0.25) is 0 Å². The fourth-order valence-electron chi connectivity index (χ4n) is 2.33. The minimum atomic E-state index is -0.596.